The number of halogens is 1. The predicted octanol–water partition coefficient (Wildman–Crippen LogP) is 2.70. The van der Waals surface area contributed by atoms with Crippen molar-refractivity contribution in [2.45, 2.75) is 38.6 Å². The van der Waals surface area contributed by atoms with Gasteiger partial charge in [0, 0.05) is 36.6 Å². The van der Waals surface area contributed by atoms with Crippen LogP contribution in [0.2, 0.25) is 0 Å². The summed E-state index contributed by atoms with van der Waals surface area (Å²) in [6.45, 7) is 5.99. The van der Waals surface area contributed by atoms with E-state index in [2.05, 4.69) is 25.1 Å². The van der Waals surface area contributed by atoms with E-state index < -0.39 is 5.82 Å². The predicted molar refractivity (Wildman–Crippen MR) is 113 cm³/mol. The first-order valence-corrected chi connectivity index (χ1v) is 10.5. The van der Waals surface area contributed by atoms with Crippen LogP contribution in [-0.4, -0.2) is 60.9 Å². The second kappa shape index (κ2) is 7.40. The minimum absolute atomic E-state index is 0.0118. The summed E-state index contributed by atoms with van der Waals surface area (Å²) in [6, 6.07) is 6.49. The lowest BCUT2D eigenvalue weighted by molar-refractivity contribution is 0.0607. The van der Waals surface area contributed by atoms with Gasteiger partial charge in [-0.2, -0.15) is 15.0 Å². The fraction of sp³-hybridized carbons (Fsp3) is 0.409. The van der Waals surface area contributed by atoms with E-state index in [-0.39, 0.29) is 17.0 Å². The van der Waals surface area contributed by atoms with E-state index in [9.17, 15) is 9.18 Å². The van der Waals surface area contributed by atoms with Crippen LogP contribution >= 0.6 is 0 Å². The lowest BCUT2D eigenvalue weighted by Gasteiger charge is -2.56. The van der Waals surface area contributed by atoms with Crippen molar-refractivity contribution in [3.63, 3.8) is 0 Å². The van der Waals surface area contributed by atoms with Gasteiger partial charge in [-0.15, -0.1) is 0 Å². The third-order valence-corrected chi connectivity index (χ3v) is 6.41. The molecule has 1 spiro atoms. The largest absolute Gasteiger partial charge is 0.338 e. The summed E-state index contributed by atoms with van der Waals surface area (Å²) in [7, 11) is 0. The van der Waals surface area contributed by atoms with Gasteiger partial charge in [0.25, 0.3) is 5.91 Å². The minimum Gasteiger partial charge on any atom is -0.338 e. The first kappa shape index (κ1) is 19.6. The molecule has 0 atom stereocenters. The second-order valence-electron chi connectivity index (χ2n) is 8.32. The van der Waals surface area contributed by atoms with Gasteiger partial charge in [-0.3, -0.25) is 4.79 Å². The van der Waals surface area contributed by atoms with Crippen LogP contribution in [0.3, 0.4) is 0 Å². The van der Waals surface area contributed by atoms with Crippen molar-refractivity contribution in [3.8, 4) is 5.69 Å². The molecule has 31 heavy (non-hydrogen) atoms. The lowest BCUT2D eigenvalue weighted by Crippen LogP contribution is -2.65. The zero-order valence-corrected chi connectivity index (χ0v) is 17.6. The molecule has 2 aromatic heterocycles. The highest BCUT2D eigenvalue weighted by molar-refractivity contribution is 5.98. The number of aryl methyl sites for hydroxylation is 2. The van der Waals surface area contributed by atoms with Gasteiger partial charge in [-0.1, -0.05) is 6.07 Å². The van der Waals surface area contributed by atoms with Gasteiger partial charge in [-0.05, 0) is 51.3 Å². The molecule has 2 saturated heterocycles. The molecule has 0 radical (unpaired) electrons. The van der Waals surface area contributed by atoms with Gasteiger partial charge in [0.2, 0.25) is 5.95 Å². The Morgan fingerprint density at radius 2 is 1.65 bits per heavy atom. The van der Waals surface area contributed by atoms with Crippen molar-refractivity contribution < 1.29 is 9.18 Å². The summed E-state index contributed by atoms with van der Waals surface area (Å²) in [5, 5.41) is 8.13. The fourth-order valence-corrected chi connectivity index (χ4v) is 4.72. The number of aromatic nitrogens is 5. The number of piperidine rings is 1. The van der Waals surface area contributed by atoms with Gasteiger partial charge >= 0.3 is 0 Å². The molecule has 4 heterocycles. The van der Waals surface area contributed by atoms with Gasteiger partial charge in [-0.25, -0.2) is 14.4 Å². The van der Waals surface area contributed by atoms with Crippen LogP contribution in [0.5, 0.6) is 0 Å². The molecule has 0 bridgehead atoms. The van der Waals surface area contributed by atoms with Crippen LogP contribution < -0.4 is 4.90 Å². The summed E-state index contributed by atoms with van der Waals surface area (Å²) in [5.74, 6) is -0.118. The first-order valence-electron chi connectivity index (χ1n) is 10.5. The molecule has 0 unspecified atom stereocenters. The SMILES string of the molecule is Cc1cc(C)nc(N2CCC23CCN(C(=O)c2c(F)cccc2-n2nccn2)CC3)n1. The molecular formula is C22H24FN7O. The van der Waals surface area contributed by atoms with E-state index in [4.69, 9.17) is 0 Å². The molecule has 2 fully saturated rings. The molecule has 5 rings (SSSR count). The summed E-state index contributed by atoms with van der Waals surface area (Å²) in [4.78, 5) is 27.8. The van der Waals surface area contributed by atoms with E-state index in [1.807, 2.05) is 19.9 Å². The number of carbonyl (C=O) groups excluding carboxylic acids is 1. The smallest absolute Gasteiger partial charge is 0.259 e. The molecule has 3 aromatic rings. The molecular weight excluding hydrogens is 397 g/mol. The maximum Gasteiger partial charge on any atom is 0.259 e. The standard InChI is InChI=1S/C22H24FN7O/c1-15-14-16(2)27-21(26-15)29-13-8-22(29)6-11-28(12-7-22)20(31)19-17(23)4-3-5-18(19)30-24-9-10-25-30/h3-5,9-10,14H,6-8,11-13H2,1-2H3. The molecule has 0 saturated carbocycles. The summed E-state index contributed by atoms with van der Waals surface area (Å²) in [6.07, 6.45) is 5.67. The Balaban J connectivity index is 1.35. The minimum atomic E-state index is -0.561. The quantitative estimate of drug-likeness (QED) is 0.647. The van der Waals surface area contributed by atoms with Gasteiger partial charge < -0.3 is 9.80 Å². The molecule has 160 valence electrons. The monoisotopic (exact) mass is 421 g/mol. The van der Waals surface area contributed by atoms with Crippen molar-refractivity contribution in [2.24, 2.45) is 0 Å². The number of hydrogen-bond donors (Lipinski definition) is 0. The van der Waals surface area contributed by atoms with Crippen LogP contribution in [0.4, 0.5) is 10.3 Å². The highest BCUT2D eigenvalue weighted by atomic mass is 19.1. The van der Waals surface area contributed by atoms with Gasteiger partial charge in [0.15, 0.2) is 0 Å². The Kier molecular flexibility index (Phi) is 4.68. The molecule has 1 amide bonds. The maximum absolute atomic E-state index is 14.7. The summed E-state index contributed by atoms with van der Waals surface area (Å²) < 4.78 is 14.7. The number of carbonyl (C=O) groups is 1. The highest BCUT2D eigenvalue weighted by Gasteiger charge is 2.48. The molecule has 0 aliphatic carbocycles. The Morgan fingerprint density at radius 1 is 1.00 bits per heavy atom. The molecule has 1 aromatic carbocycles. The second-order valence-corrected chi connectivity index (χ2v) is 8.32. The third-order valence-electron chi connectivity index (χ3n) is 6.41. The zero-order valence-electron chi connectivity index (χ0n) is 17.6. The van der Waals surface area contributed by atoms with Crippen LogP contribution in [0.25, 0.3) is 5.69 Å². The van der Waals surface area contributed by atoms with Crippen LogP contribution in [0, 0.1) is 19.7 Å². The van der Waals surface area contributed by atoms with E-state index in [1.165, 1.54) is 23.3 Å². The fourth-order valence-electron chi connectivity index (χ4n) is 4.72. The Bertz CT molecular complexity index is 1100. The Morgan fingerprint density at radius 3 is 2.26 bits per heavy atom. The highest BCUT2D eigenvalue weighted by Crippen LogP contribution is 2.42. The Labute approximate surface area is 179 Å². The molecule has 8 nitrogen and oxygen atoms in total. The summed E-state index contributed by atoms with van der Waals surface area (Å²) >= 11 is 0. The van der Waals surface area contributed by atoms with E-state index >= 15 is 0 Å². The molecule has 9 heteroatoms. The van der Waals surface area contributed by atoms with Crippen LogP contribution in [-0.2, 0) is 0 Å². The zero-order chi connectivity index (χ0) is 21.6. The normalized spacial score (nSPS) is 17.6. The molecule has 0 N–H and O–H groups in total. The third kappa shape index (κ3) is 3.34. The number of nitrogens with zero attached hydrogens (tertiary/aromatic N) is 7. The van der Waals surface area contributed by atoms with Crippen molar-refractivity contribution in [1.82, 2.24) is 29.9 Å². The first-order chi connectivity index (χ1) is 15.0. The van der Waals surface area contributed by atoms with Crippen molar-refractivity contribution in [1.29, 1.82) is 0 Å². The Hall–Kier alpha value is -3.36. The molecule has 2 aliphatic rings. The molecule has 2 aliphatic heterocycles. The topological polar surface area (TPSA) is 80.0 Å². The number of amides is 1. The number of benzene rings is 1. The number of anilines is 1. The van der Waals surface area contributed by atoms with E-state index in [1.54, 1.807) is 17.0 Å². The maximum atomic E-state index is 14.7. The van der Waals surface area contributed by atoms with Crippen molar-refractivity contribution in [2.75, 3.05) is 24.5 Å². The summed E-state index contributed by atoms with van der Waals surface area (Å²) in [5.41, 5.74) is 2.24. The lowest BCUT2D eigenvalue weighted by atomic mass is 9.76. The van der Waals surface area contributed by atoms with Crippen molar-refractivity contribution >= 4 is 11.9 Å². The number of likely N-dealkylation sites (tertiary alicyclic amines) is 1. The average Bonchev–Trinajstić information content (AvgIpc) is 3.26. The van der Waals surface area contributed by atoms with Crippen LogP contribution in [0.15, 0.2) is 36.7 Å². The van der Waals surface area contributed by atoms with E-state index in [0.717, 1.165) is 43.1 Å². The van der Waals surface area contributed by atoms with E-state index in [0.29, 0.717) is 18.8 Å². The van der Waals surface area contributed by atoms with Crippen molar-refractivity contribution in [3.05, 3.63) is 59.4 Å². The van der Waals surface area contributed by atoms with Crippen LogP contribution in [0.1, 0.15) is 41.0 Å². The van der Waals surface area contributed by atoms with Gasteiger partial charge in [0.05, 0.1) is 12.4 Å². The number of rotatable bonds is 3. The number of hydrogen-bond acceptors (Lipinski definition) is 6. The van der Waals surface area contributed by atoms with Gasteiger partial charge in [0.1, 0.15) is 17.1 Å². The average molecular weight is 421 g/mol.